The zero-order valence-electron chi connectivity index (χ0n) is 12.9. The Morgan fingerprint density at radius 1 is 1.42 bits per heavy atom. The molecule has 1 saturated carbocycles. The summed E-state index contributed by atoms with van der Waals surface area (Å²) < 4.78 is 5.10. The molecular formula is C15H30N2O2. The van der Waals surface area contributed by atoms with E-state index in [1.54, 1.807) is 7.11 Å². The van der Waals surface area contributed by atoms with Crippen molar-refractivity contribution in [1.82, 2.24) is 5.32 Å². The van der Waals surface area contributed by atoms with Crippen LogP contribution in [0.15, 0.2) is 0 Å². The van der Waals surface area contributed by atoms with Crippen molar-refractivity contribution in [2.45, 2.75) is 52.5 Å². The normalized spacial score (nSPS) is 28.2. The monoisotopic (exact) mass is 270 g/mol. The summed E-state index contributed by atoms with van der Waals surface area (Å²) in [5.74, 6) is 0.706. The first kappa shape index (κ1) is 16.4. The Kier molecular flexibility index (Phi) is 6.27. The molecule has 0 radical (unpaired) electrons. The van der Waals surface area contributed by atoms with Gasteiger partial charge >= 0.3 is 0 Å². The predicted octanol–water partition coefficient (Wildman–Crippen LogP) is 1.93. The molecule has 0 aromatic carbocycles. The fourth-order valence-electron chi connectivity index (χ4n) is 2.64. The lowest BCUT2D eigenvalue weighted by atomic mass is 9.77. The van der Waals surface area contributed by atoms with Crippen molar-refractivity contribution in [3.05, 3.63) is 0 Å². The van der Waals surface area contributed by atoms with Crippen LogP contribution >= 0.6 is 0 Å². The minimum Gasteiger partial charge on any atom is -0.385 e. The van der Waals surface area contributed by atoms with Crippen LogP contribution in [0.1, 0.15) is 46.5 Å². The molecule has 0 aromatic heterocycles. The van der Waals surface area contributed by atoms with Gasteiger partial charge in [0.25, 0.3) is 0 Å². The zero-order chi connectivity index (χ0) is 14.5. The average molecular weight is 270 g/mol. The molecule has 0 heterocycles. The number of hydrogen-bond donors (Lipinski definition) is 2. The molecular weight excluding hydrogens is 240 g/mol. The molecule has 112 valence electrons. The maximum absolute atomic E-state index is 12.3. The van der Waals surface area contributed by atoms with E-state index < -0.39 is 0 Å². The summed E-state index contributed by atoms with van der Waals surface area (Å²) in [5.41, 5.74) is 6.05. The van der Waals surface area contributed by atoms with E-state index in [9.17, 15) is 4.79 Å². The molecule has 1 aliphatic carbocycles. The highest BCUT2D eigenvalue weighted by molar-refractivity contribution is 5.79. The van der Waals surface area contributed by atoms with Crippen LogP contribution in [0.5, 0.6) is 0 Å². The summed E-state index contributed by atoms with van der Waals surface area (Å²) in [6.45, 7) is 7.90. The van der Waals surface area contributed by atoms with Crippen molar-refractivity contribution in [2.75, 3.05) is 20.3 Å². The average Bonchev–Trinajstić information content (AvgIpc) is 2.36. The van der Waals surface area contributed by atoms with Gasteiger partial charge in [0.1, 0.15) is 0 Å². The number of methoxy groups -OCH3 is 1. The molecule has 4 heteroatoms. The van der Waals surface area contributed by atoms with E-state index in [0.717, 1.165) is 32.3 Å². The molecule has 1 amide bonds. The van der Waals surface area contributed by atoms with E-state index >= 15 is 0 Å². The number of amides is 1. The minimum absolute atomic E-state index is 0.0751. The third-order valence-electron chi connectivity index (χ3n) is 4.30. The highest BCUT2D eigenvalue weighted by Gasteiger charge is 2.31. The van der Waals surface area contributed by atoms with E-state index in [1.807, 2.05) is 0 Å². The molecule has 19 heavy (non-hydrogen) atoms. The molecule has 1 rings (SSSR count). The van der Waals surface area contributed by atoms with Gasteiger partial charge in [-0.2, -0.15) is 0 Å². The quantitative estimate of drug-likeness (QED) is 0.775. The maximum atomic E-state index is 12.3. The SMILES string of the molecule is COCCC(C)(C)CNC(=O)C1CC(N)CCC1C. The number of carbonyl (C=O) groups is 1. The molecule has 3 N–H and O–H groups in total. The van der Waals surface area contributed by atoms with E-state index in [2.05, 4.69) is 26.1 Å². The van der Waals surface area contributed by atoms with Crippen LogP contribution in [0, 0.1) is 17.3 Å². The number of nitrogens with two attached hydrogens (primary N) is 1. The summed E-state index contributed by atoms with van der Waals surface area (Å²) in [6.07, 6.45) is 3.88. The first-order valence-corrected chi connectivity index (χ1v) is 7.38. The number of rotatable bonds is 6. The fraction of sp³-hybridized carbons (Fsp3) is 0.933. The first-order chi connectivity index (χ1) is 8.85. The molecule has 0 aromatic rings. The van der Waals surface area contributed by atoms with Crippen LogP contribution in [0.3, 0.4) is 0 Å². The van der Waals surface area contributed by atoms with Gasteiger partial charge in [0, 0.05) is 32.2 Å². The topological polar surface area (TPSA) is 64.3 Å². The Morgan fingerprint density at radius 3 is 2.74 bits per heavy atom. The second-order valence-corrected chi connectivity index (χ2v) is 6.78. The third kappa shape index (κ3) is 5.49. The van der Waals surface area contributed by atoms with Crippen molar-refractivity contribution in [1.29, 1.82) is 0 Å². The van der Waals surface area contributed by atoms with Crippen LogP contribution in [-0.2, 0) is 9.53 Å². The summed E-state index contributed by atoms with van der Waals surface area (Å²) >= 11 is 0. The summed E-state index contributed by atoms with van der Waals surface area (Å²) in [4.78, 5) is 12.3. The lowest BCUT2D eigenvalue weighted by Gasteiger charge is -2.33. The van der Waals surface area contributed by atoms with Gasteiger partial charge in [-0.15, -0.1) is 0 Å². The van der Waals surface area contributed by atoms with Gasteiger partial charge in [0.15, 0.2) is 0 Å². The highest BCUT2D eigenvalue weighted by atomic mass is 16.5. The molecule has 3 atom stereocenters. The molecule has 0 aliphatic heterocycles. The van der Waals surface area contributed by atoms with Gasteiger partial charge in [-0.3, -0.25) is 4.79 Å². The Balaban J connectivity index is 2.41. The van der Waals surface area contributed by atoms with Crippen LogP contribution < -0.4 is 11.1 Å². The lowest BCUT2D eigenvalue weighted by molar-refractivity contribution is -0.128. The van der Waals surface area contributed by atoms with Crippen molar-refractivity contribution in [3.63, 3.8) is 0 Å². The molecule has 3 unspecified atom stereocenters. The van der Waals surface area contributed by atoms with Crippen LogP contribution in [0.25, 0.3) is 0 Å². The Bertz CT molecular complexity index is 292. The minimum atomic E-state index is 0.0751. The maximum Gasteiger partial charge on any atom is 0.223 e. The lowest BCUT2D eigenvalue weighted by Crippen LogP contribution is -2.44. The van der Waals surface area contributed by atoms with Gasteiger partial charge in [0.2, 0.25) is 5.91 Å². The van der Waals surface area contributed by atoms with Crippen molar-refractivity contribution in [2.24, 2.45) is 23.0 Å². The number of hydrogen-bond acceptors (Lipinski definition) is 3. The number of ether oxygens (including phenoxy) is 1. The van der Waals surface area contributed by atoms with E-state index in [0.29, 0.717) is 12.5 Å². The highest BCUT2D eigenvalue weighted by Crippen LogP contribution is 2.29. The molecule has 0 bridgehead atoms. The van der Waals surface area contributed by atoms with E-state index in [4.69, 9.17) is 10.5 Å². The molecule has 1 fully saturated rings. The summed E-state index contributed by atoms with van der Waals surface area (Å²) in [6, 6.07) is 0.188. The zero-order valence-corrected chi connectivity index (χ0v) is 12.9. The number of nitrogens with one attached hydrogen (secondary N) is 1. The van der Waals surface area contributed by atoms with Crippen molar-refractivity contribution < 1.29 is 9.53 Å². The summed E-state index contributed by atoms with van der Waals surface area (Å²) in [5, 5.41) is 3.10. The standard InChI is InChI=1S/C15H30N2O2/c1-11-5-6-12(16)9-13(11)14(18)17-10-15(2,3)7-8-19-4/h11-13H,5-10,16H2,1-4H3,(H,17,18). The molecule has 0 spiro atoms. The Hall–Kier alpha value is -0.610. The second-order valence-electron chi connectivity index (χ2n) is 6.78. The van der Waals surface area contributed by atoms with Gasteiger partial charge in [-0.1, -0.05) is 20.8 Å². The van der Waals surface area contributed by atoms with Crippen molar-refractivity contribution in [3.8, 4) is 0 Å². The number of carbonyl (C=O) groups excluding carboxylic acids is 1. The van der Waals surface area contributed by atoms with Crippen LogP contribution in [-0.4, -0.2) is 32.2 Å². The Morgan fingerprint density at radius 2 is 2.11 bits per heavy atom. The molecule has 1 aliphatic rings. The largest absolute Gasteiger partial charge is 0.385 e. The fourth-order valence-corrected chi connectivity index (χ4v) is 2.64. The summed E-state index contributed by atoms with van der Waals surface area (Å²) in [7, 11) is 1.71. The first-order valence-electron chi connectivity index (χ1n) is 7.38. The molecule has 4 nitrogen and oxygen atoms in total. The van der Waals surface area contributed by atoms with Gasteiger partial charge in [-0.05, 0) is 37.0 Å². The van der Waals surface area contributed by atoms with Gasteiger partial charge < -0.3 is 15.8 Å². The second kappa shape index (κ2) is 7.25. The molecule has 0 saturated heterocycles. The predicted molar refractivity (Wildman–Crippen MR) is 77.8 cm³/mol. The smallest absolute Gasteiger partial charge is 0.223 e. The van der Waals surface area contributed by atoms with Gasteiger partial charge in [-0.25, -0.2) is 0 Å². The van der Waals surface area contributed by atoms with Crippen LogP contribution in [0.4, 0.5) is 0 Å². The van der Waals surface area contributed by atoms with Crippen molar-refractivity contribution >= 4 is 5.91 Å². The van der Waals surface area contributed by atoms with Gasteiger partial charge in [0.05, 0.1) is 0 Å². The van der Waals surface area contributed by atoms with E-state index in [1.165, 1.54) is 0 Å². The third-order valence-corrected chi connectivity index (χ3v) is 4.30. The Labute approximate surface area is 117 Å². The van der Waals surface area contributed by atoms with E-state index in [-0.39, 0.29) is 23.3 Å². The van der Waals surface area contributed by atoms with Crippen LogP contribution in [0.2, 0.25) is 0 Å².